The first-order valence-corrected chi connectivity index (χ1v) is 8.15. The molecule has 0 radical (unpaired) electrons. The van der Waals surface area contributed by atoms with Crippen LogP contribution in [-0.2, 0) is 14.3 Å². The van der Waals surface area contributed by atoms with Crippen LogP contribution in [0.3, 0.4) is 0 Å². The van der Waals surface area contributed by atoms with E-state index in [0.29, 0.717) is 32.7 Å². The van der Waals surface area contributed by atoms with E-state index in [1.54, 1.807) is 0 Å². The fraction of sp³-hybridized carbons (Fsp3) is 0.875. The van der Waals surface area contributed by atoms with Crippen LogP contribution in [-0.4, -0.2) is 61.0 Å². The molecule has 2 saturated heterocycles. The summed E-state index contributed by atoms with van der Waals surface area (Å²) in [5.74, 6) is 0.206. The molecule has 0 atom stereocenters. The van der Waals surface area contributed by atoms with E-state index < -0.39 is 5.41 Å². The zero-order chi connectivity index (χ0) is 15.3. The Labute approximate surface area is 127 Å². The number of rotatable bonds is 3. The zero-order valence-electron chi connectivity index (χ0n) is 13.4. The van der Waals surface area contributed by atoms with E-state index in [1.165, 1.54) is 12.8 Å². The van der Waals surface area contributed by atoms with Crippen molar-refractivity contribution in [2.24, 2.45) is 5.41 Å². The Balaban J connectivity index is 1.92. The van der Waals surface area contributed by atoms with Gasteiger partial charge in [-0.05, 0) is 12.8 Å². The molecule has 0 saturated carbocycles. The van der Waals surface area contributed by atoms with Crippen LogP contribution in [0.2, 0.25) is 0 Å². The normalized spacial score (nSPS) is 21.0. The number of likely N-dealkylation sites (tertiary alicyclic amines) is 1. The third-order valence-electron chi connectivity index (χ3n) is 4.43. The first-order chi connectivity index (χ1) is 10.0. The van der Waals surface area contributed by atoms with Crippen LogP contribution in [0.25, 0.3) is 0 Å². The first kappa shape index (κ1) is 16.3. The fourth-order valence-corrected chi connectivity index (χ4v) is 3.08. The van der Waals surface area contributed by atoms with Gasteiger partial charge in [0, 0.05) is 32.6 Å². The third kappa shape index (κ3) is 4.43. The van der Waals surface area contributed by atoms with Crippen LogP contribution < -0.4 is 0 Å². The Morgan fingerprint density at radius 1 is 0.905 bits per heavy atom. The quantitative estimate of drug-likeness (QED) is 0.796. The average Bonchev–Trinajstić information content (AvgIpc) is 2.76. The number of hydrogen-bond acceptors (Lipinski definition) is 3. The highest BCUT2D eigenvalue weighted by molar-refractivity contribution is 5.88. The summed E-state index contributed by atoms with van der Waals surface area (Å²) < 4.78 is 5.27. The molecular formula is C16H28N2O3. The van der Waals surface area contributed by atoms with Crippen LogP contribution in [0, 0.1) is 5.41 Å². The summed E-state index contributed by atoms with van der Waals surface area (Å²) in [5.41, 5.74) is -0.611. The molecule has 2 aliphatic rings. The smallest absolute Gasteiger partial charge is 0.228 e. The molecule has 0 spiro atoms. The standard InChI is InChI=1S/C16H28N2O3/c1-16(2,13-14(19)17-9-11-21-12-10-17)15(20)18-7-5-3-4-6-8-18/h3-13H2,1-2H3. The molecule has 5 heteroatoms. The van der Waals surface area contributed by atoms with Gasteiger partial charge in [-0.2, -0.15) is 0 Å². The van der Waals surface area contributed by atoms with Gasteiger partial charge in [0.15, 0.2) is 0 Å². The van der Waals surface area contributed by atoms with E-state index in [9.17, 15) is 9.59 Å². The molecule has 0 N–H and O–H groups in total. The van der Waals surface area contributed by atoms with Gasteiger partial charge in [-0.3, -0.25) is 9.59 Å². The maximum absolute atomic E-state index is 12.7. The van der Waals surface area contributed by atoms with Crippen molar-refractivity contribution in [2.75, 3.05) is 39.4 Å². The summed E-state index contributed by atoms with van der Waals surface area (Å²) in [6.45, 7) is 7.98. The topological polar surface area (TPSA) is 49.9 Å². The van der Waals surface area contributed by atoms with E-state index in [-0.39, 0.29) is 11.8 Å². The molecular weight excluding hydrogens is 268 g/mol. The molecule has 2 heterocycles. The second-order valence-electron chi connectivity index (χ2n) is 6.76. The van der Waals surface area contributed by atoms with Gasteiger partial charge in [-0.25, -0.2) is 0 Å². The Bertz CT molecular complexity index is 368. The summed E-state index contributed by atoms with van der Waals surface area (Å²) in [6, 6.07) is 0. The molecule has 0 bridgehead atoms. The SMILES string of the molecule is CC(C)(CC(=O)N1CCOCC1)C(=O)N1CCCCCC1. The summed E-state index contributed by atoms with van der Waals surface area (Å²) in [5, 5.41) is 0. The van der Waals surface area contributed by atoms with E-state index in [0.717, 1.165) is 25.9 Å². The first-order valence-electron chi connectivity index (χ1n) is 8.15. The van der Waals surface area contributed by atoms with Gasteiger partial charge < -0.3 is 14.5 Å². The minimum absolute atomic E-state index is 0.0754. The second-order valence-corrected chi connectivity index (χ2v) is 6.76. The lowest BCUT2D eigenvalue weighted by Crippen LogP contribution is -2.46. The number of morpholine rings is 1. The van der Waals surface area contributed by atoms with Gasteiger partial charge in [-0.1, -0.05) is 26.7 Å². The van der Waals surface area contributed by atoms with Crippen molar-refractivity contribution in [3.05, 3.63) is 0 Å². The van der Waals surface area contributed by atoms with Crippen LogP contribution in [0.4, 0.5) is 0 Å². The average molecular weight is 296 g/mol. The predicted molar refractivity (Wildman–Crippen MR) is 80.8 cm³/mol. The van der Waals surface area contributed by atoms with Crippen molar-refractivity contribution in [3.63, 3.8) is 0 Å². The molecule has 0 unspecified atom stereocenters. The predicted octanol–water partition coefficient (Wildman–Crippen LogP) is 1.66. The van der Waals surface area contributed by atoms with Gasteiger partial charge in [0.2, 0.25) is 11.8 Å². The van der Waals surface area contributed by atoms with Crippen molar-refractivity contribution in [2.45, 2.75) is 46.0 Å². The number of amides is 2. The van der Waals surface area contributed by atoms with E-state index in [2.05, 4.69) is 0 Å². The molecule has 2 aliphatic heterocycles. The van der Waals surface area contributed by atoms with E-state index >= 15 is 0 Å². The number of carbonyl (C=O) groups is 2. The van der Waals surface area contributed by atoms with Crippen LogP contribution in [0.1, 0.15) is 46.0 Å². The number of nitrogens with zero attached hydrogens (tertiary/aromatic N) is 2. The molecule has 2 rings (SSSR count). The van der Waals surface area contributed by atoms with Crippen molar-refractivity contribution < 1.29 is 14.3 Å². The number of hydrogen-bond donors (Lipinski definition) is 0. The number of ether oxygens (including phenoxy) is 1. The third-order valence-corrected chi connectivity index (χ3v) is 4.43. The summed E-state index contributed by atoms with van der Waals surface area (Å²) in [4.78, 5) is 28.9. The fourth-order valence-electron chi connectivity index (χ4n) is 3.08. The van der Waals surface area contributed by atoms with Crippen molar-refractivity contribution >= 4 is 11.8 Å². The highest BCUT2D eigenvalue weighted by Crippen LogP contribution is 2.26. The maximum Gasteiger partial charge on any atom is 0.228 e. The molecule has 0 aliphatic carbocycles. The van der Waals surface area contributed by atoms with Crippen molar-refractivity contribution in [3.8, 4) is 0 Å². The lowest BCUT2D eigenvalue weighted by atomic mass is 9.86. The molecule has 0 aromatic carbocycles. The van der Waals surface area contributed by atoms with Gasteiger partial charge in [0.25, 0.3) is 0 Å². The summed E-state index contributed by atoms with van der Waals surface area (Å²) in [6.07, 6.45) is 4.87. The van der Waals surface area contributed by atoms with Crippen LogP contribution >= 0.6 is 0 Å². The van der Waals surface area contributed by atoms with Crippen LogP contribution in [0.15, 0.2) is 0 Å². The van der Waals surface area contributed by atoms with Crippen LogP contribution in [0.5, 0.6) is 0 Å². The maximum atomic E-state index is 12.7. The molecule has 0 aromatic heterocycles. The highest BCUT2D eigenvalue weighted by atomic mass is 16.5. The highest BCUT2D eigenvalue weighted by Gasteiger charge is 2.35. The lowest BCUT2D eigenvalue weighted by Gasteiger charge is -2.33. The largest absolute Gasteiger partial charge is 0.378 e. The number of carbonyl (C=O) groups excluding carboxylic acids is 2. The van der Waals surface area contributed by atoms with E-state index in [1.807, 2.05) is 23.6 Å². The molecule has 2 fully saturated rings. The molecule has 0 aromatic rings. The summed E-state index contributed by atoms with van der Waals surface area (Å²) >= 11 is 0. The van der Waals surface area contributed by atoms with Gasteiger partial charge in [0.05, 0.1) is 18.6 Å². The second kappa shape index (κ2) is 7.25. The zero-order valence-corrected chi connectivity index (χ0v) is 13.4. The minimum Gasteiger partial charge on any atom is -0.378 e. The van der Waals surface area contributed by atoms with Gasteiger partial charge in [-0.15, -0.1) is 0 Å². The Morgan fingerprint density at radius 2 is 1.48 bits per heavy atom. The monoisotopic (exact) mass is 296 g/mol. The molecule has 2 amide bonds. The van der Waals surface area contributed by atoms with Crippen molar-refractivity contribution in [1.82, 2.24) is 9.80 Å². The Kier molecular flexibility index (Phi) is 5.62. The van der Waals surface area contributed by atoms with E-state index in [4.69, 9.17) is 4.74 Å². The minimum atomic E-state index is -0.611. The molecule has 21 heavy (non-hydrogen) atoms. The Hall–Kier alpha value is -1.10. The molecule has 120 valence electrons. The lowest BCUT2D eigenvalue weighted by molar-refractivity contribution is -0.147. The Morgan fingerprint density at radius 3 is 2.05 bits per heavy atom. The summed E-state index contributed by atoms with van der Waals surface area (Å²) in [7, 11) is 0. The molecule has 5 nitrogen and oxygen atoms in total. The van der Waals surface area contributed by atoms with Gasteiger partial charge >= 0.3 is 0 Å². The van der Waals surface area contributed by atoms with Gasteiger partial charge in [0.1, 0.15) is 0 Å². The van der Waals surface area contributed by atoms with Crippen molar-refractivity contribution in [1.29, 1.82) is 0 Å².